The van der Waals surface area contributed by atoms with Gasteiger partial charge in [-0.3, -0.25) is 0 Å². The quantitative estimate of drug-likeness (QED) is 0.398. The second-order valence-corrected chi connectivity index (χ2v) is 6.27. The molecule has 0 saturated heterocycles. The molecule has 0 bridgehead atoms. The van der Waals surface area contributed by atoms with E-state index >= 15 is 0 Å². The molecule has 0 amide bonds. The minimum atomic E-state index is -3.02. The molecule has 0 aromatic heterocycles. The van der Waals surface area contributed by atoms with Gasteiger partial charge in [0.05, 0.1) is 6.61 Å². The first-order valence-electron chi connectivity index (χ1n) is 9.07. The summed E-state index contributed by atoms with van der Waals surface area (Å²) in [6.45, 7) is 3.07. The smallest absolute Gasteiger partial charge is 0.387 e. The first-order valence-corrected chi connectivity index (χ1v) is 9.07. The van der Waals surface area contributed by atoms with E-state index in [0.717, 1.165) is 16.9 Å². The number of hydrogen-bond acceptors (Lipinski definition) is 2. The predicted molar refractivity (Wildman–Crippen MR) is 106 cm³/mol. The average molecular weight is 386 g/mol. The molecule has 0 heterocycles. The van der Waals surface area contributed by atoms with Crippen LogP contribution in [0.25, 0.3) is 21.9 Å². The van der Waals surface area contributed by atoms with Crippen LogP contribution in [0.5, 0.6) is 11.5 Å². The van der Waals surface area contributed by atoms with Gasteiger partial charge in [0.2, 0.25) is 0 Å². The zero-order valence-electron chi connectivity index (χ0n) is 15.6. The molecule has 0 radical (unpaired) electrons. The summed E-state index contributed by atoms with van der Waals surface area (Å²) in [5, 5.41) is 0.872. The van der Waals surface area contributed by atoms with Gasteiger partial charge in [-0.1, -0.05) is 30.3 Å². The highest BCUT2D eigenvalue weighted by Crippen LogP contribution is 2.34. The van der Waals surface area contributed by atoms with Gasteiger partial charge in [-0.15, -0.1) is 6.58 Å². The molecular weight excluding hydrogens is 365 g/mol. The molecule has 0 unspecified atom stereocenters. The molecule has 0 spiro atoms. The molecule has 5 heteroatoms. The summed E-state index contributed by atoms with van der Waals surface area (Å²) >= 11 is 0. The molecule has 0 fully saturated rings. The molecule has 0 saturated carbocycles. The predicted octanol–water partition coefficient (Wildman–Crippen LogP) is 6.76. The minimum Gasteiger partial charge on any atom is -0.494 e. The Morgan fingerprint density at radius 1 is 1.04 bits per heavy atom. The van der Waals surface area contributed by atoms with Crippen molar-refractivity contribution < 1.29 is 22.6 Å². The second kappa shape index (κ2) is 8.83. The third-order valence-corrected chi connectivity index (χ3v) is 4.45. The maximum Gasteiger partial charge on any atom is 0.387 e. The van der Waals surface area contributed by atoms with Crippen LogP contribution >= 0.6 is 0 Å². The lowest BCUT2D eigenvalue weighted by atomic mass is 9.97. The molecule has 0 aliphatic carbocycles. The number of hydrogen-bond donors (Lipinski definition) is 0. The van der Waals surface area contributed by atoms with Crippen molar-refractivity contribution in [3.05, 3.63) is 72.6 Å². The first kappa shape index (κ1) is 19.8. The van der Waals surface area contributed by atoms with E-state index in [0.29, 0.717) is 23.8 Å². The lowest BCUT2D eigenvalue weighted by molar-refractivity contribution is -0.0505. The second-order valence-electron chi connectivity index (χ2n) is 6.27. The lowest BCUT2D eigenvalue weighted by Gasteiger charge is -2.14. The monoisotopic (exact) mass is 386 g/mol. The van der Waals surface area contributed by atoms with Crippen LogP contribution in [0.2, 0.25) is 0 Å². The highest BCUT2D eigenvalue weighted by molar-refractivity contribution is 5.90. The number of allylic oxidation sites excluding steroid dienone is 1. The first-order chi connectivity index (χ1) is 13.5. The van der Waals surface area contributed by atoms with Crippen molar-refractivity contribution in [1.82, 2.24) is 0 Å². The van der Waals surface area contributed by atoms with Gasteiger partial charge in [0, 0.05) is 10.9 Å². The van der Waals surface area contributed by atoms with Crippen molar-refractivity contribution in [2.45, 2.75) is 26.4 Å². The Balaban J connectivity index is 2.06. The van der Waals surface area contributed by atoms with Gasteiger partial charge < -0.3 is 9.47 Å². The molecule has 0 aliphatic rings. The van der Waals surface area contributed by atoms with Crippen LogP contribution in [0.15, 0.2) is 61.2 Å². The van der Waals surface area contributed by atoms with Gasteiger partial charge in [-0.25, -0.2) is 4.39 Å². The molecule has 3 aromatic rings. The summed E-state index contributed by atoms with van der Waals surface area (Å²) in [7, 11) is 0. The highest BCUT2D eigenvalue weighted by Gasteiger charge is 2.17. The van der Waals surface area contributed by atoms with Crippen LogP contribution in [0.1, 0.15) is 18.9 Å². The molecule has 146 valence electrons. The SMILES string of the molecule is C=CCCc1c(OC(F)F)cc2cc(-c3ccc(OCC)cc3)ccc2c1F. The zero-order chi connectivity index (χ0) is 20.1. The molecule has 3 rings (SSSR count). The van der Waals surface area contributed by atoms with E-state index in [1.807, 2.05) is 37.3 Å². The minimum absolute atomic E-state index is 0.134. The Kier molecular flexibility index (Phi) is 6.24. The molecule has 3 aromatic carbocycles. The summed E-state index contributed by atoms with van der Waals surface area (Å²) in [5.74, 6) is 0.0940. The van der Waals surface area contributed by atoms with E-state index in [9.17, 15) is 13.2 Å². The van der Waals surface area contributed by atoms with Crippen molar-refractivity contribution in [2.75, 3.05) is 6.61 Å². The average Bonchev–Trinajstić information content (AvgIpc) is 2.68. The van der Waals surface area contributed by atoms with Crippen molar-refractivity contribution in [1.29, 1.82) is 0 Å². The number of alkyl halides is 2. The van der Waals surface area contributed by atoms with Crippen LogP contribution in [-0.4, -0.2) is 13.2 Å². The summed E-state index contributed by atoms with van der Waals surface area (Å²) in [6.07, 6.45) is 2.32. The van der Waals surface area contributed by atoms with Crippen molar-refractivity contribution >= 4 is 10.8 Å². The maximum atomic E-state index is 15.0. The number of halogens is 3. The number of rotatable bonds is 8. The standard InChI is InChI=1S/C23H21F3O2/c1-3-5-6-20-21(28-23(25)26)14-17-13-16(9-12-19(17)22(20)24)15-7-10-18(11-8-15)27-4-2/h3,7-14,23H,1,4-6H2,2H3. The van der Waals surface area contributed by atoms with Crippen LogP contribution < -0.4 is 9.47 Å². The summed E-state index contributed by atoms with van der Waals surface area (Å²) in [6, 6.07) is 14.2. The number of fused-ring (bicyclic) bond motifs is 1. The molecule has 28 heavy (non-hydrogen) atoms. The molecule has 0 aliphatic heterocycles. The number of benzene rings is 3. The van der Waals surface area contributed by atoms with Gasteiger partial charge in [-0.05, 0) is 60.5 Å². The third kappa shape index (κ3) is 4.30. The van der Waals surface area contributed by atoms with Crippen molar-refractivity contribution in [3.8, 4) is 22.6 Å². The largest absolute Gasteiger partial charge is 0.494 e. The van der Waals surface area contributed by atoms with Gasteiger partial charge >= 0.3 is 6.61 Å². The molecule has 0 N–H and O–H groups in total. The van der Waals surface area contributed by atoms with Gasteiger partial charge in [0.15, 0.2) is 0 Å². The van der Waals surface area contributed by atoms with Crippen LogP contribution in [0, 0.1) is 5.82 Å². The molecular formula is C23H21F3O2. The number of ether oxygens (including phenoxy) is 2. The Bertz CT molecular complexity index is 966. The van der Waals surface area contributed by atoms with E-state index in [1.165, 1.54) is 6.07 Å². The van der Waals surface area contributed by atoms with E-state index in [2.05, 4.69) is 11.3 Å². The highest BCUT2D eigenvalue weighted by atomic mass is 19.3. The van der Waals surface area contributed by atoms with E-state index in [-0.39, 0.29) is 17.7 Å². The van der Waals surface area contributed by atoms with Crippen LogP contribution in [0.3, 0.4) is 0 Å². The van der Waals surface area contributed by atoms with Crippen molar-refractivity contribution in [3.63, 3.8) is 0 Å². The van der Waals surface area contributed by atoms with E-state index in [1.54, 1.807) is 18.2 Å². The topological polar surface area (TPSA) is 18.5 Å². The van der Waals surface area contributed by atoms with Gasteiger partial charge in [-0.2, -0.15) is 8.78 Å². The van der Waals surface area contributed by atoms with Crippen molar-refractivity contribution in [2.24, 2.45) is 0 Å². The summed E-state index contributed by atoms with van der Waals surface area (Å²) in [4.78, 5) is 0. The lowest BCUT2D eigenvalue weighted by Crippen LogP contribution is -2.06. The molecule has 0 atom stereocenters. The van der Waals surface area contributed by atoms with Crippen LogP contribution in [0.4, 0.5) is 13.2 Å². The fourth-order valence-electron chi connectivity index (χ4n) is 3.15. The normalized spacial score (nSPS) is 11.0. The Morgan fingerprint density at radius 3 is 2.39 bits per heavy atom. The van der Waals surface area contributed by atoms with E-state index in [4.69, 9.17) is 4.74 Å². The summed E-state index contributed by atoms with van der Waals surface area (Å²) in [5.41, 5.74) is 1.90. The molecule has 2 nitrogen and oxygen atoms in total. The fraction of sp³-hybridized carbons (Fsp3) is 0.217. The van der Waals surface area contributed by atoms with Crippen LogP contribution in [-0.2, 0) is 6.42 Å². The fourth-order valence-corrected chi connectivity index (χ4v) is 3.15. The Labute approximate surface area is 162 Å². The maximum absolute atomic E-state index is 15.0. The Hall–Kier alpha value is -2.95. The Morgan fingerprint density at radius 2 is 1.75 bits per heavy atom. The third-order valence-electron chi connectivity index (χ3n) is 4.45. The zero-order valence-corrected chi connectivity index (χ0v) is 15.6. The van der Waals surface area contributed by atoms with E-state index < -0.39 is 12.4 Å². The van der Waals surface area contributed by atoms with Gasteiger partial charge in [0.25, 0.3) is 0 Å². The van der Waals surface area contributed by atoms with Gasteiger partial charge in [0.1, 0.15) is 17.3 Å². The summed E-state index contributed by atoms with van der Waals surface area (Å²) < 4.78 is 50.7.